The maximum Gasteiger partial charge on any atom is 0.333 e. The lowest BCUT2D eigenvalue weighted by Gasteiger charge is -2.23. The lowest BCUT2D eigenvalue weighted by atomic mass is 10.1. The van der Waals surface area contributed by atoms with Crippen molar-refractivity contribution in [3.63, 3.8) is 0 Å². The topological polar surface area (TPSA) is 35.5 Å². The first-order chi connectivity index (χ1) is 7.93. The molecule has 0 aromatic heterocycles. The highest BCUT2D eigenvalue weighted by Gasteiger charge is 2.37. The summed E-state index contributed by atoms with van der Waals surface area (Å²) in [4.78, 5) is 11.0. The van der Waals surface area contributed by atoms with Crippen LogP contribution in [0.3, 0.4) is 0 Å². The fourth-order valence-electron chi connectivity index (χ4n) is 1.17. The molecule has 1 aliphatic rings. The minimum absolute atomic E-state index is 0.0736. The van der Waals surface area contributed by atoms with Crippen LogP contribution in [0.4, 0.5) is 8.78 Å². The summed E-state index contributed by atoms with van der Waals surface area (Å²) in [5.41, 5.74) is 0.260. The minimum atomic E-state index is -3.02. The second-order valence-electron chi connectivity index (χ2n) is 3.63. The van der Waals surface area contributed by atoms with Crippen molar-refractivity contribution in [2.24, 2.45) is 0 Å². The van der Waals surface area contributed by atoms with Crippen molar-refractivity contribution < 1.29 is 23.0 Å². The maximum atomic E-state index is 13.2. The van der Waals surface area contributed by atoms with E-state index in [2.05, 4.69) is 6.58 Å². The summed E-state index contributed by atoms with van der Waals surface area (Å²) >= 11 is 0. The van der Waals surface area contributed by atoms with Crippen molar-refractivity contribution in [2.45, 2.75) is 19.0 Å². The van der Waals surface area contributed by atoms with Gasteiger partial charge in [-0.05, 0) is 19.1 Å². The molecule has 0 aliphatic heterocycles. The monoisotopic (exact) mass is 244 g/mol. The Bertz CT molecular complexity index is 359. The van der Waals surface area contributed by atoms with Crippen LogP contribution in [0.15, 0.2) is 36.5 Å². The first kappa shape index (κ1) is 13.6. The van der Waals surface area contributed by atoms with Crippen molar-refractivity contribution in [2.75, 3.05) is 13.2 Å². The molecule has 0 bridgehead atoms. The summed E-state index contributed by atoms with van der Waals surface area (Å²) in [6.07, 6.45) is 3.48. The molecule has 0 fully saturated rings. The Morgan fingerprint density at radius 1 is 1.41 bits per heavy atom. The molecule has 0 N–H and O–H groups in total. The fourth-order valence-corrected chi connectivity index (χ4v) is 1.17. The highest BCUT2D eigenvalue weighted by Crippen LogP contribution is 2.26. The number of hydrogen-bond acceptors (Lipinski definition) is 3. The van der Waals surface area contributed by atoms with E-state index in [1.165, 1.54) is 25.2 Å². The molecule has 0 heterocycles. The van der Waals surface area contributed by atoms with Gasteiger partial charge in [0.15, 0.2) is 0 Å². The van der Waals surface area contributed by atoms with Crippen LogP contribution in [0.2, 0.25) is 0 Å². The van der Waals surface area contributed by atoms with Gasteiger partial charge in [-0.2, -0.15) is 8.78 Å². The molecular weight excluding hydrogens is 230 g/mol. The summed E-state index contributed by atoms with van der Waals surface area (Å²) in [5.74, 6) is -3.58. The lowest BCUT2D eigenvalue weighted by molar-refractivity contribution is -0.143. The molecule has 1 aliphatic carbocycles. The zero-order chi connectivity index (χ0) is 12.9. The molecule has 5 heteroatoms. The number of ether oxygens (including phenoxy) is 2. The third kappa shape index (κ3) is 4.11. The summed E-state index contributed by atoms with van der Waals surface area (Å²) in [7, 11) is 0. The van der Waals surface area contributed by atoms with Gasteiger partial charge in [-0.1, -0.05) is 18.7 Å². The minimum Gasteiger partial charge on any atom is -0.460 e. The van der Waals surface area contributed by atoms with Gasteiger partial charge >= 0.3 is 5.97 Å². The molecule has 1 atom stereocenters. The summed E-state index contributed by atoms with van der Waals surface area (Å²) < 4.78 is 36.0. The predicted octanol–water partition coefficient (Wildman–Crippen LogP) is 2.25. The number of hydrogen-bond donors (Lipinski definition) is 0. The van der Waals surface area contributed by atoms with E-state index in [9.17, 15) is 13.6 Å². The van der Waals surface area contributed by atoms with Gasteiger partial charge in [-0.25, -0.2) is 4.79 Å². The third-order valence-electron chi connectivity index (χ3n) is 2.06. The van der Waals surface area contributed by atoms with Gasteiger partial charge in [-0.15, -0.1) is 0 Å². The second-order valence-corrected chi connectivity index (χ2v) is 3.63. The number of esters is 1. The van der Waals surface area contributed by atoms with Gasteiger partial charge in [0.05, 0.1) is 6.61 Å². The molecule has 0 amide bonds. The summed E-state index contributed by atoms with van der Waals surface area (Å²) in [6, 6.07) is 0. The van der Waals surface area contributed by atoms with E-state index in [1.54, 1.807) is 0 Å². The summed E-state index contributed by atoms with van der Waals surface area (Å²) in [6.45, 7) is 4.74. The van der Waals surface area contributed by atoms with Gasteiger partial charge in [0.25, 0.3) is 5.92 Å². The van der Waals surface area contributed by atoms with Gasteiger partial charge in [0, 0.05) is 5.57 Å². The predicted molar refractivity (Wildman–Crippen MR) is 58.7 cm³/mol. The SMILES string of the molecule is C=C(C)C(=O)OCCOC1C=CC=CC1(F)F. The second kappa shape index (κ2) is 5.72. The number of allylic oxidation sites excluding steroid dienone is 2. The van der Waals surface area contributed by atoms with E-state index in [-0.39, 0.29) is 18.8 Å². The Balaban J connectivity index is 2.28. The van der Waals surface area contributed by atoms with Crippen LogP contribution in [0.1, 0.15) is 6.92 Å². The third-order valence-corrected chi connectivity index (χ3v) is 2.06. The maximum absolute atomic E-state index is 13.2. The standard InChI is InChI=1S/C12H14F2O3/c1-9(2)11(15)17-8-7-16-10-5-3-4-6-12(10,13)14/h3-6,10H,1,7-8H2,2H3. The molecule has 0 saturated carbocycles. The smallest absolute Gasteiger partial charge is 0.333 e. The van der Waals surface area contributed by atoms with Gasteiger partial charge in [-0.3, -0.25) is 0 Å². The van der Waals surface area contributed by atoms with Gasteiger partial charge < -0.3 is 9.47 Å². The summed E-state index contributed by atoms with van der Waals surface area (Å²) in [5, 5.41) is 0. The van der Waals surface area contributed by atoms with Gasteiger partial charge in [0.2, 0.25) is 0 Å². The van der Waals surface area contributed by atoms with Gasteiger partial charge in [0.1, 0.15) is 12.7 Å². The van der Waals surface area contributed by atoms with Crippen LogP contribution in [0.25, 0.3) is 0 Å². The molecule has 1 unspecified atom stereocenters. The number of alkyl halides is 2. The highest BCUT2D eigenvalue weighted by atomic mass is 19.3. The van der Waals surface area contributed by atoms with Crippen LogP contribution in [0, 0.1) is 0 Å². The number of carbonyl (C=O) groups is 1. The van der Waals surface area contributed by atoms with Crippen LogP contribution in [0.5, 0.6) is 0 Å². The van der Waals surface area contributed by atoms with E-state index in [4.69, 9.17) is 9.47 Å². The Labute approximate surface area is 98.4 Å². The van der Waals surface area contributed by atoms with Crippen molar-refractivity contribution in [3.8, 4) is 0 Å². The van der Waals surface area contributed by atoms with E-state index < -0.39 is 18.0 Å². The largest absolute Gasteiger partial charge is 0.460 e. The zero-order valence-electron chi connectivity index (χ0n) is 9.49. The molecule has 17 heavy (non-hydrogen) atoms. The van der Waals surface area contributed by atoms with Crippen molar-refractivity contribution in [1.29, 1.82) is 0 Å². The fraction of sp³-hybridized carbons (Fsp3) is 0.417. The average Bonchev–Trinajstić information content (AvgIpc) is 2.25. The molecule has 0 aromatic carbocycles. The molecule has 3 nitrogen and oxygen atoms in total. The Morgan fingerprint density at radius 2 is 2.12 bits per heavy atom. The molecule has 0 radical (unpaired) electrons. The van der Waals surface area contributed by atoms with Crippen LogP contribution in [-0.2, 0) is 14.3 Å². The molecule has 0 aromatic rings. The Morgan fingerprint density at radius 3 is 2.71 bits per heavy atom. The Kier molecular flexibility index (Phi) is 4.57. The average molecular weight is 244 g/mol. The quantitative estimate of drug-likeness (QED) is 0.422. The van der Waals surface area contributed by atoms with Crippen molar-refractivity contribution in [1.82, 2.24) is 0 Å². The molecule has 0 spiro atoms. The number of carbonyl (C=O) groups excluding carboxylic acids is 1. The van der Waals surface area contributed by atoms with Crippen LogP contribution in [-0.4, -0.2) is 31.2 Å². The van der Waals surface area contributed by atoms with Crippen molar-refractivity contribution in [3.05, 3.63) is 36.5 Å². The lowest BCUT2D eigenvalue weighted by Crippen LogP contribution is -2.34. The highest BCUT2D eigenvalue weighted by molar-refractivity contribution is 5.86. The number of halogens is 2. The zero-order valence-corrected chi connectivity index (χ0v) is 9.49. The molecule has 0 saturated heterocycles. The van der Waals surface area contributed by atoms with Crippen LogP contribution < -0.4 is 0 Å². The Hall–Kier alpha value is -1.49. The first-order valence-corrected chi connectivity index (χ1v) is 5.11. The van der Waals surface area contributed by atoms with E-state index >= 15 is 0 Å². The van der Waals surface area contributed by atoms with Crippen molar-refractivity contribution >= 4 is 5.97 Å². The molecular formula is C12H14F2O3. The number of rotatable bonds is 5. The van der Waals surface area contributed by atoms with E-state index in [0.29, 0.717) is 0 Å². The first-order valence-electron chi connectivity index (χ1n) is 5.11. The van der Waals surface area contributed by atoms with E-state index in [0.717, 1.165) is 6.08 Å². The molecule has 94 valence electrons. The van der Waals surface area contributed by atoms with E-state index in [1.807, 2.05) is 0 Å². The molecule has 1 rings (SSSR count). The normalized spacial score (nSPS) is 21.2. The van der Waals surface area contributed by atoms with Crippen LogP contribution >= 0.6 is 0 Å².